The molecule has 0 spiro atoms. The van der Waals surface area contributed by atoms with Crippen LogP contribution in [0.2, 0.25) is 0 Å². The van der Waals surface area contributed by atoms with Crippen molar-refractivity contribution in [1.82, 2.24) is 9.88 Å². The van der Waals surface area contributed by atoms with E-state index in [0.29, 0.717) is 11.6 Å². The van der Waals surface area contributed by atoms with Crippen molar-refractivity contribution in [3.8, 4) is 6.07 Å². The third-order valence-corrected chi connectivity index (χ3v) is 4.01. The Morgan fingerprint density at radius 1 is 1.43 bits per heavy atom. The smallest absolute Gasteiger partial charge is 0.146 e. The summed E-state index contributed by atoms with van der Waals surface area (Å²) >= 11 is 0. The van der Waals surface area contributed by atoms with Crippen molar-refractivity contribution < 1.29 is 4.74 Å². The van der Waals surface area contributed by atoms with Gasteiger partial charge in [0.25, 0.3) is 0 Å². The van der Waals surface area contributed by atoms with E-state index in [1.165, 1.54) is 0 Å². The van der Waals surface area contributed by atoms with Gasteiger partial charge in [-0.25, -0.2) is 4.98 Å². The molecule has 0 radical (unpaired) electrons. The van der Waals surface area contributed by atoms with Crippen molar-refractivity contribution in [1.29, 1.82) is 5.26 Å². The molecule has 5 heteroatoms. The zero-order valence-electron chi connectivity index (χ0n) is 13.0. The number of ether oxygens (including phenoxy) is 1. The molecule has 0 saturated carbocycles. The highest BCUT2D eigenvalue weighted by Gasteiger charge is 2.27. The first-order chi connectivity index (χ1) is 10.3. The van der Waals surface area contributed by atoms with E-state index in [-0.39, 0.29) is 0 Å². The Hall–Kier alpha value is -1.64. The highest BCUT2D eigenvalue weighted by molar-refractivity contribution is 5.53. The average Bonchev–Trinajstić information content (AvgIpc) is 2.55. The molecule has 1 saturated heterocycles. The number of anilines is 1. The molecule has 1 aliphatic rings. The van der Waals surface area contributed by atoms with Gasteiger partial charge < -0.3 is 9.64 Å². The Bertz CT molecular complexity index is 485. The lowest BCUT2D eigenvalue weighted by Gasteiger charge is -2.41. The SMILES string of the molecule is CCOCCN1CCN(c2ncccc2C#N)C[C@H]1CC. The Kier molecular flexibility index (Phi) is 5.97. The van der Waals surface area contributed by atoms with Crippen LogP contribution < -0.4 is 4.90 Å². The summed E-state index contributed by atoms with van der Waals surface area (Å²) in [7, 11) is 0. The molecule has 1 atom stereocenters. The van der Waals surface area contributed by atoms with Crippen molar-refractivity contribution in [3.05, 3.63) is 23.9 Å². The molecule has 0 bridgehead atoms. The normalized spacial score (nSPS) is 19.5. The zero-order chi connectivity index (χ0) is 15.1. The summed E-state index contributed by atoms with van der Waals surface area (Å²) in [5.41, 5.74) is 0.662. The Morgan fingerprint density at radius 2 is 2.29 bits per heavy atom. The predicted molar refractivity (Wildman–Crippen MR) is 83.3 cm³/mol. The molecule has 0 N–H and O–H groups in total. The van der Waals surface area contributed by atoms with Gasteiger partial charge in [-0.15, -0.1) is 0 Å². The Labute approximate surface area is 127 Å². The molecule has 0 amide bonds. The van der Waals surface area contributed by atoms with Crippen LogP contribution in [0.5, 0.6) is 0 Å². The van der Waals surface area contributed by atoms with E-state index in [4.69, 9.17) is 4.74 Å². The predicted octanol–water partition coefficient (Wildman–Crippen LogP) is 1.89. The second-order valence-electron chi connectivity index (χ2n) is 5.23. The lowest BCUT2D eigenvalue weighted by Crippen LogP contribution is -2.54. The number of piperazine rings is 1. The molecule has 21 heavy (non-hydrogen) atoms. The van der Waals surface area contributed by atoms with Gasteiger partial charge in [0.15, 0.2) is 0 Å². The van der Waals surface area contributed by atoms with Gasteiger partial charge in [0.2, 0.25) is 0 Å². The second kappa shape index (κ2) is 7.96. The van der Waals surface area contributed by atoms with E-state index in [2.05, 4.69) is 27.8 Å². The number of aromatic nitrogens is 1. The van der Waals surface area contributed by atoms with E-state index in [0.717, 1.165) is 51.6 Å². The zero-order valence-corrected chi connectivity index (χ0v) is 13.0. The molecule has 5 nitrogen and oxygen atoms in total. The van der Waals surface area contributed by atoms with E-state index < -0.39 is 0 Å². The highest BCUT2D eigenvalue weighted by Crippen LogP contribution is 2.21. The van der Waals surface area contributed by atoms with Gasteiger partial charge in [-0.2, -0.15) is 5.26 Å². The molecule has 0 aliphatic carbocycles. The number of nitrogens with zero attached hydrogens (tertiary/aromatic N) is 4. The van der Waals surface area contributed by atoms with Crippen molar-refractivity contribution >= 4 is 5.82 Å². The summed E-state index contributed by atoms with van der Waals surface area (Å²) in [6, 6.07) is 6.39. The number of rotatable bonds is 6. The maximum absolute atomic E-state index is 9.22. The fourth-order valence-corrected chi connectivity index (χ4v) is 2.83. The van der Waals surface area contributed by atoms with Crippen LogP contribution in [0.1, 0.15) is 25.8 Å². The lowest BCUT2D eigenvalue weighted by atomic mass is 10.1. The number of hydrogen-bond acceptors (Lipinski definition) is 5. The maximum atomic E-state index is 9.22. The van der Waals surface area contributed by atoms with E-state index in [9.17, 15) is 5.26 Å². The summed E-state index contributed by atoms with van der Waals surface area (Å²) in [5, 5.41) is 9.22. The van der Waals surface area contributed by atoms with Crippen molar-refractivity contribution in [2.45, 2.75) is 26.3 Å². The maximum Gasteiger partial charge on any atom is 0.146 e. The van der Waals surface area contributed by atoms with E-state index in [1.807, 2.05) is 19.1 Å². The number of hydrogen-bond donors (Lipinski definition) is 0. The molecule has 1 fully saturated rings. The Morgan fingerprint density at radius 3 is 3.00 bits per heavy atom. The minimum Gasteiger partial charge on any atom is -0.380 e. The molecule has 1 aromatic heterocycles. The molecule has 1 aromatic rings. The second-order valence-corrected chi connectivity index (χ2v) is 5.23. The largest absolute Gasteiger partial charge is 0.380 e. The van der Waals surface area contributed by atoms with Gasteiger partial charge in [-0.3, -0.25) is 4.90 Å². The van der Waals surface area contributed by atoms with Crippen molar-refractivity contribution in [2.75, 3.05) is 44.3 Å². The molecule has 0 aromatic carbocycles. The van der Waals surface area contributed by atoms with Gasteiger partial charge in [-0.1, -0.05) is 6.92 Å². The van der Waals surface area contributed by atoms with E-state index in [1.54, 1.807) is 6.20 Å². The van der Waals surface area contributed by atoms with Crippen LogP contribution in [0, 0.1) is 11.3 Å². The van der Waals surface area contributed by atoms with Gasteiger partial charge in [0.05, 0.1) is 12.2 Å². The summed E-state index contributed by atoms with van der Waals surface area (Å²) in [6.45, 7) is 9.62. The summed E-state index contributed by atoms with van der Waals surface area (Å²) in [5.74, 6) is 0.822. The van der Waals surface area contributed by atoms with Crippen LogP contribution >= 0.6 is 0 Å². The molecule has 2 heterocycles. The first-order valence-electron chi connectivity index (χ1n) is 7.72. The minimum absolute atomic E-state index is 0.493. The third kappa shape index (κ3) is 3.93. The summed E-state index contributed by atoms with van der Waals surface area (Å²) in [6.07, 6.45) is 2.86. The summed E-state index contributed by atoms with van der Waals surface area (Å²) in [4.78, 5) is 9.13. The van der Waals surface area contributed by atoms with Crippen LogP contribution in [0.3, 0.4) is 0 Å². The van der Waals surface area contributed by atoms with Crippen LogP contribution in [-0.4, -0.2) is 55.3 Å². The first kappa shape index (κ1) is 15.7. The third-order valence-electron chi connectivity index (χ3n) is 4.01. The lowest BCUT2D eigenvalue weighted by molar-refractivity contribution is 0.0869. The van der Waals surface area contributed by atoms with Crippen LogP contribution in [-0.2, 0) is 4.74 Å². The molecule has 0 unspecified atom stereocenters. The molecule has 114 valence electrons. The number of nitriles is 1. The van der Waals surface area contributed by atoms with Gasteiger partial charge >= 0.3 is 0 Å². The molecule has 2 rings (SSSR count). The van der Waals surface area contributed by atoms with Crippen molar-refractivity contribution in [3.63, 3.8) is 0 Å². The standard InChI is InChI=1S/C16H24N4O/c1-3-15-13-20(9-8-19(15)10-11-21-4-2)16-14(12-17)6-5-7-18-16/h5-7,15H,3-4,8-11,13H2,1-2H3/t15-/m1/s1. The number of pyridine rings is 1. The Balaban J connectivity index is 2.02. The topological polar surface area (TPSA) is 52.4 Å². The quantitative estimate of drug-likeness (QED) is 0.748. The highest BCUT2D eigenvalue weighted by atomic mass is 16.5. The monoisotopic (exact) mass is 288 g/mol. The fourth-order valence-electron chi connectivity index (χ4n) is 2.83. The van der Waals surface area contributed by atoms with Gasteiger partial charge in [0, 0.05) is 45.0 Å². The molecular formula is C16H24N4O. The van der Waals surface area contributed by atoms with Gasteiger partial charge in [-0.05, 0) is 25.5 Å². The van der Waals surface area contributed by atoms with Crippen LogP contribution in [0.4, 0.5) is 5.82 Å². The molecule has 1 aliphatic heterocycles. The minimum atomic E-state index is 0.493. The van der Waals surface area contributed by atoms with Crippen LogP contribution in [0.15, 0.2) is 18.3 Å². The molecular weight excluding hydrogens is 264 g/mol. The van der Waals surface area contributed by atoms with Gasteiger partial charge in [0.1, 0.15) is 11.9 Å². The average molecular weight is 288 g/mol. The van der Waals surface area contributed by atoms with Crippen molar-refractivity contribution in [2.24, 2.45) is 0 Å². The van der Waals surface area contributed by atoms with Crippen LogP contribution in [0.25, 0.3) is 0 Å². The first-order valence-corrected chi connectivity index (χ1v) is 7.72. The summed E-state index contributed by atoms with van der Waals surface area (Å²) < 4.78 is 5.47. The fraction of sp³-hybridized carbons (Fsp3) is 0.625. The van der Waals surface area contributed by atoms with E-state index >= 15 is 0 Å².